The van der Waals surface area contributed by atoms with Gasteiger partial charge in [0.2, 0.25) is 0 Å². The molecule has 2 fully saturated rings. The average molecular weight is 297 g/mol. The van der Waals surface area contributed by atoms with Gasteiger partial charge in [-0.3, -0.25) is 4.79 Å². The summed E-state index contributed by atoms with van der Waals surface area (Å²) in [6, 6.07) is 0. The number of amides is 1. The van der Waals surface area contributed by atoms with Crippen LogP contribution in [0.4, 0.5) is 4.79 Å². The SMILES string of the molecule is COC(=O)C1(NC(=O)OC(C)(C)C)C2CCC(=O)CC[C@H]21. The summed E-state index contributed by atoms with van der Waals surface area (Å²) in [5, 5.41) is 2.71. The Morgan fingerprint density at radius 1 is 1.19 bits per heavy atom. The van der Waals surface area contributed by atoms with Crippen LogP contribution in [-0.2, 0) is 19.1 Å². The van der Waals surface area contributed by atoms with E-state index in [0.29, 0.717) is 25.7 Å². The Morgan fingerprint density at radius 2 is 1.71 bits per heavy atom. The minimum Gasteiger partial charge on any atom is -0.467 e. The summed E-state index contributed by atoms with van der Waals surface area (Å²) in [5.74, 6) is -0.302. The highest BCUT2D eigenvalue weighted by atomic mass is 16.6. The maximum absolute atomic E-state index is 12.2. The fourth-order valence-corrected chi connectivity index (χ4v) is 3.33. The molecule has 0 aromatic rings. The van der Waals surface area contributed by atoms with E-state index in [1.54, 1.807) is 20.8 Å². The van der Waals surface area contributed by atoms with Crippen LogP contribution in [0.15, 0.2) is 0 Å². The van der Waals surface area contributed by atoms with E-state index < -0.39 is 23.2 Å². The van der Waals surface area contributed by atoms with Crippen LogP contribution in [0.5, 0.6) is 0 Å². The largest absolute Gasteiger partial charge is 0.467 e. The van der Waals surface area contributed by atoms with Gasteiger partial charge in [-0.15, -0.1) is 0 Å². The molecule has 2 rings (SSSR count). The van der Waals surface area contributed by atoms with E-state index in [2.05, 4.69) is 5.32 Å². The van der Waals surface area contributed by atoms with Gasteiger partial charge >= 0.3 is 12.1 Å². The molecule has 2 saturated carbocycles. The number of methoxy groups -OCH3 is 1. The highest BCUT2D eigenvalue weighted by molar-refractivity contribution is 5.91. The summed E-state index contributed by atoms with van der Waals surface area (Å²) in [6.07, 6.45) is 1.50. The van der Waals surface area contributed by atoms with E-state index in [-0.39, 0.29) is 17.6 Å². The number of hydrogen-bond acceptors (Lipinski definition) is 5. The average Bonchev–Trinajstić information content (AvgIpc) is 3.01. The number of Topliss-reactive ketones (excluding diaryl/α,β-unsaturated/α-hetero) is 1. The second-order valence-electron chi connectivity index (χ2n) is 6.82. The lowest BCUT2D eigenvalue weighted by atomic mass is 10.0. The molecular weight excluding hydrogens is 274 g/mol. The number of hydrogen-bond donors (Lipinski definition) is 1. The standard InChI is InChI=1S/C15H23NO5/c1-14(2,3)21-13(19)16-15(12(18)20-4)10-7-5-9(17)6-8-11(10)15/h10-11H,5-8H2,1-4H3,(H,16,19)/t10-,11?,15?/m1/s1. The third kappa shape index (κ3) is 3.04. The van der Waals surface area contributed by atoms with Crippen molar-refractivity contribution in [3.63, 3.8) is 0 Å². The minimum atomic E-state index is -1.02. The number of fused-ring (bicyclic) bond motifs is 1. The summed E-state index contributed by atoms with van der Waals surface area (Å²) >= 11 is 0. The number of carbonyl (C=O) groups is 3. The van der Waals surface area contributed by atoms with E-state index >= 15 is 0 Å². The van der Waals surface area contributed by atoms with Gasteiger partial charge in [-0.05, 0) is 45.4 Å². The van der Waals surface area contributed by atoms with Crippen LogP contribution in [0.1, 0.15) is 46.5 Å². The highest BCUT2D eigenvalue weighted by Gasteiger charge is 2.71. The molecule has 2 aliphatic carbocycles. The number of ether oxygens (including phenoxy) is 2. The molecule has 3 atom stereocenters. The van der Waals surface area contributed by atoms with E-state index in [4.69, 9.17) is 9.47 Å². The molecule has 0 aromatic carbocycles. The third-order valence-corrected chi connectivity index (χ3v) is 4.25. The second-order valence-corrected chi connectivity index (χ2v) is 6.82. The maximum Gasteiger partial charge on any atom is 0.408 e. The summed E-state index contributed by atoms with van der Waals surface area (Å²) in [4.78, 5) is 35.7. The normalized spacial score (nSPS) is 31.7. The quantitative estimate of drug-likeness (QED) is 0.786. The van der Waals surface area contributed by atoms with Crippen LogP contribution in [-0.4, -0.2) is 36.1 Å². The monoisotopic (exact) mass is 297 g/mol. The Balaban J connectivity index is 2.12. The van der Waals surface area contributed by atoms with Crippen molar-refractivity contribution >= 4 is 17.8 Å². The smallest absolute Gasteiger partial charge is 0.408 e. The molecule has 0 saturated heterocycles. The van der Waals surface area contributed by atoms with Crippen LogP contribution < -0.4 is 5.32 Å². The van der Waals surface area contributed by atoms with Crippen molar-refractivity contribution in [2.75, 3.05) is 7.11 Å². The Labute approximate surface area is 124 Å². The summed E-state index contributed by atoms with van der Waals surface area (Å²) in [7, 11) is 1.31. The van der Waals surface area contributed by atoms with E-state index in [1.807, 2.05) is 0 Å². The lowest BCUT2D eigenvalue weighted by Gasteiger charge is -2.24. The number of esters is 1. The van der Waals surface area contributed by atoms with Gasteiger partial charge in [0.05, 0.1) is 7.11 Å². The van der Waals surface area contributed by atoms with Gasteiger partial charge in [0.1, 0.15) is 16.9 Å². The van der Waals surface area contributed by atoms with Crippen molar-refractivity contribution in [2.24, 2.45) is 11.8 Å². The molecule has 0 bridgehead atoms. The number of alkyl carbamates (subject to hydrolysis) is 1. The van der Waals surface area contributed by atoms with Crippen molar-refractivity contribution in [3.8, 4) is 0 Å². The zero-order valence-electron chi connectivity index (χ0n) is 13.0. The fraction of sp³-hybridized carbons (Fsp3) is 0.800. The van der Waals surface area contributed by atoms with Gasteiger partial charge in [-0.1, -0.05) is 0 Å². The summed E-state index contributed by atoms with van der Waals surface area (Å²) in [6.45, 7) is 5.29. The molecule has 0 spiro atoms. The molecule has 2 unspecified atom stereocenters. The first-order chi connectivity index (χ1) is 9.70. The predicted molar refractivity (Wildman–Crippen MR) is 74.6 cm³/mol. The van der Waals surface area contributed by atoms with E-state index in [9.17, 15) is 14.4 Å². The van der Waals surface area contributed by atoms with Crippen molar-refractivity contribution < 1.29 is 23.9 Å². The van der Waals surface area contributed by atoms with Crippen LogP contribution in [0.25, 0.3) is 0 Å². The molecule has 6 heteroatoms. The molecule has 1 N–H and O–H groups in total. The van der Waals surface area contributed by atoms with Gasteiger partial charge in [0, 0.05) is 12.8 Å². The van der Waals surface area contributed by atoms with Gasteiger partial charge in [-0.2, -0.15) is 0 Å². The summed E-state index contributed by atoms with van der Waals surface area (Å²) in [5.41, 5.74) is -1.65. The molecular formula is C15H23NO5. The van der Waals surface area contributed by atoms with Crippen molar-refractivity contribution in [1.29, 1.82) is 0 Å². The molecule has 0 radical (unpaired) electrons. The van der Waals surface area contributed by atoms with Gasteiger partial charge in [-0.25, -0.2) is 9.59 Å². The van der Waals surface area contributed by atoms with Crippen LogP contribution in [0, 0.1) is 11.8 Å². The summed E-state index contributed by atoms with van der Waals surface area (Å²) < 4.78 is 10.1. The first-order valence-corrected chi connectivity index (χ1v) is 7.32. The zero-order chi connectivity index (χ0) is 15.8. The van der Waals surface area contributed by atoms with Crippen LogP contribution in [0.2, 0.25) is 0 Å². The van der Waals surface area contributed by atoms with Crippen molar-refractivity contribution in [3.05, 3.63) is 0 Å². The lowest BCUT2D eigenvalue weighted by Crippen LogP contribution is -2.49. The van der Waals surface area contributed by atoms with Crippen molar-refractivity contribution in [1.82, 2.24) is 5.32 Å². The highest BCUT2D eigenvalue weighted by Crippen LogP contribution is 2.57. The zero-order valence-corrected chi connectivity index (χ0v) is 13.0. The molecule has 1 amide bonds. The Hall–Kier alpha value is -1.59. The lowest BCUT2D eigenvalue weighted by molar-refractivity contribution is -0.145. The Kier molecular flexibility index (Phi) is 4.00. The van der Waals surface area contributed by atoms with Crippen molar-refractivity contribution in [2.45, 2.75) is 57.6 Å². The van der Waals surface area contributed by atoms with Gasteiger partial charge in [0.15, 0.2) is 0 Å². The maximum atomic E-state index is 12.2. The number of nitrogens with one attached hydrogen (secondary N) is 1. The van der Waals surface area contributed by atoms with Gasteiger partial charge < -0.3 is 14.8 Å². The number of ketones is 1. The first kappa shape index (κ1) is 15.8. The molecule has 21 heavy (non-hydrogen) atoms. The third-order valence-electron chi connectivity index (χ3n) is 4.25. The number of carbonyl (C=O) groups excluding carboxylic acids is 3. The van der Waals surface area contributed by atoms with E-state index in [0.717, 1.165) is 0 Å². The van der Waals surface area contributed by atoms with Crippen LogP contribution >= 0.6 is 0 Å². The molecule has 6 nitrogen and oxygen atoms in total. The molecule has 0 heterocycles. The second kappa shape index (κ2) is 5.31. The number of rotatable bonds is 2. The topological polar surface area (TPSA) is 81.7 Å². The van der Waals surface area contributed by atoms with Gasteiger partial charge in [0.25, 0.3) is 0 Å². The minimum absolute atomic E-state index is 0.0380. The van der Waals surface area contributed by atoms with E-state index in [1.165, 1.54) is 7.11 Å². The molecule has 0 aromatic heterocycles. The Morgan fingerprint density at radius 3 is 2.14 bits per heavy atom. The molecule has 2 aliphatic rings. The van der Waals surface area contributed by atoms with Crippen LogP contribution in [0.3, 0.4) is 0 Å². The first-order valence-electron chi connectivity index (χ1n) is 7.32. The Bertz CT molecular complexity index is 449. The predicted octanol–water partition coefficient (Wildman–Crippen LogP) is 1.81. The fourth-order valence-electron chi connectivity index (χ4n) is 3.33. The molecule has 118 valence electrons. The molecule has 0 aliphatic heterocycles.